The SMILES string of the molecule is O=C(CN1CCN(c2ccccc2)C1=O)N(CCO)Cc1ccccc1. The number of hydrogen-bond acceptors (Lipinski definition) is 3. The second kappa shape index (κ2) is 8.49. The number of hydrogen-bond donors (Lipinski definition) is 1. The van der Waals surface area contributed by atoms with Gasteiger partial charge in [-0.2, -0.15) is 0 Å². The van der Waals surface area contributed by atoms with Gasteiger partial charge in [0.15, 0.2) is 0 Å². The van der Waals surface area contributed by atoms with E-state index in [1.54, 1.807) is 14.7 Å². The minimum absolute atomic E-state index is 0.0228. The summed E-state index contributed by atoms with van der Waals surface area (Å²) in [5.41, 5.74) is 1.83. The Morgan fingerprint density at radius 3 is 2.31 bits per heavy atom. The Labute approximate surface area is 153 Å². The Bertz CT molecular complexity index is 736. The van der Waals surface area contributed by atoms with Crippen molar-refractivity contribution in [1.29, 1.82) is 0 Å². The summed E-state index contributed by atoms with van der Waals surface area (Å²) >= 11 is 0. The Hall–Kier alpha value is -2.86. The topological polar surface area (TPSA) is 64.1 Å². The summed E-state index contributed by atoms with van der Waals surface area (Å²) in [6.07, 6.45) is 0. The molecule has 2 aromatic rings. The summed E-state index contributed by atoms with van der Waals surface area (Å²) in [6, 6.07) is 18.9. The van der Waals surface area contributed by atoms with Crippen LogP contribution in [0.3, 0.4) is 0 Å². The number of aliphatic hydroxyl groups is 1. The molecule has 0 radical (unpaired) electrons. The number of anilines is 1. The van der Waals surface area contributed by atoms with Crippen molar-refractivity contribution in [3.8, 4) is 0 Å². The van der Waals surface area contributed by atoms with Crippen molar-refractivity contribution in [2.75, 3.05) is 37.7 Å². The summed E-state index contributed by atoms with van der Waals surface area (Å²) in [6.45, 7) is 1.66. The van der Waals surface area contributed by atoms with E-state index < -0.39 is 0 Å². The van der Waals surface area contributed by atoms with Crippen LogP contribution in [0.1, 0.15) is 5.56 Å². The molecule has 0 atom stereocenters. The molecule has 1 saturated heterocycles. The number of amides is 3. The van der Waals surface area contributed by atoms with Gasteiger partial charge in [0.2, 0.25) is 5.91 Å². The lowest BCUT2D eigenvalue weighted by Gasteiger charge is -2.25. The van der Waals surface area contributed by atoms with Crippen molar-refractivity contribution in [1.82, 2.24) is 9.80 Å². The van der Waals surface area contributed by atoms with Gasteiger partial charge in [-0.3, -0.25) is 9.69 Å². The number of para-hydroxylation sites is 1. The molecule has 136 valence electrons. The highest BCUT2D eigenvalue weighted by Gasteiger charge is 2.31. The molecular formula is C20H23N3O3. The molecule has 0 unspecified atom stereocenters. The van der Waals surface area contributed by atoms with Gasteiger partial charge in [0.25, 0.3) is 0 Å². The summed E-state index contributed by atoms with van der Waals surface area (Å²) in [7, 11) is 0. The van der Waals surface area contributed by atoms with E-state index in [-0.39, 0.29) is 31.6 Å². The number of urea groups is 1. The lowest BCUT2D eigenvalue weighted by Crippen LogP contribution is -2.43. The maximum absolute atomic E-state index is 12.7. The lowest BCUT2D eigenvalue weighted by atomic mass is 10.2. The third-order valence-corrected chi connectivity index (χ3v) is 4.43. The third-order valence-electron chi connectivity index (χ3n) is 4.43. The molecule has 3 rings (SSSR count). The van der Waals surface area contributed by atoms with Crippen LogP contribution in [0.2, 0.25) is 0 Å². The molecule has 6 heteroatoms. The first-order valence-electron chi connectivity index (χ1n) is 8.73. The van der Waals surface area contributed by atoms with Gasteiger partial charge < -0.3 is 14.9 Å². The first-order valence-corrected chi connectivity index (χ1v) is 8.73. The fourth-order valence-electron chi connectivity index (χ4n) is 3.06. The van der Waals surface area contributed by atoms with Crippen LogP contribution in [0.15, 0.2) is 60.7 Å². The van der Waals surface area contributed by atoms with Crippen LogP contribution >= 0.6 is 0 Å². The molecule has 1 fully saturated rings. The van der Waals surface area contributed by atoms with Gasteiger partial charge in [0.1, 0.15) is 6.54 Å². The van der Waals surface area contributed by atoms with Gasteiger partial charge in [-0.1, -0.05) is 48.5 Å². The largest absolute Gasteiger partial charge is 0.395 e. The average molecular weight is 353 g/mol. The average Bonchev–Trinajstić information content (AvgIpc) is 3.03. The van der Waals surface area contributed by atoms with E-state index in [4.69, 9.17) is 0 Å². The Kier molecular flexibility index (Phi) is 5.86. The van der Waals surface area contributed by atoms with Gasteiger partial charge in [-0.05, 0) is 17.7 Å². The molecule has 0 aromatic heterocycles. The van der Waals surface area contributed by atoms with Gasteiger partial charge in [0, 0.05) is 31.9 Å². The molecule has 1 aliphatic rings. The Morgan fingerprint density at radius 2 is 1.65 bits per heavy atom. The summed E-state index contributed by atoms with van der Waals surface area (Å²) in [5.74, 6) is -0.161. The van der Waals surface area contributed by atoms with Crippen LogP contribution in [0, 0.1) is 0 Å². The first-order chi connectivity index (χ1) is 12.7. The van der Waals surface area contributed by atoms with Crippen molar-refractivity contribution < 1.29 is 14.7 Å². The molecule has 1 heterocycles. The van der Waals surface area contributed by atoms with Crippen molar-refractivity contribution in [3.05, 3.63) is 66.2 Å². The fourth-order valence-corrected chi connectivity index (χ4v) is 3.06. The summed E-state index contributed by atoms with van der Waals surface area (Å²) in [5, 5.41) is 9.28. The second-order valence-electron chi connectivity index (χ2n) is 6.22. The molecule has 0 bridgehead atoms. The molecule has 0 spiro atoms. The fraction of sp³-hybridized carbons (Fsp3) is 0.300. The smallest absolute Gasteiger partial charge is 0.325 e. The summed E-state index contributed by atoms with van der Waals surface area (Å²) < 4.78 is 0. The highest BCUT2D eigenvalue weighted by Crippen LogP contribution is 2.19. The zero-order valence-corrected chi connectivity index (χ0v) is 14.6. The standard InChI is InChI=1S/C20H23N3O3/c24-14-13-21(15-17-7-3-1-4-8-17)19(25)16-22-11-12-23(20(22)26)18-9-5-2-6-10-18/h1-10,24H,11-16H2. The maximum Gasteiger partial charge on any atom is 0.325 e. The predicted molar refractivity (Wildman–Crippen MR) is 99.7 cm³/mol. The molecule has 1 N–H and O–H groups in total. The second-order valence-corrected chi connectivity index (χ2v) is 6.22. The maximum atomic E-state index is 12.7. The number of carbonyl (C=O) groups is 2. The Balaban J connectivity index is 1.63. The number of rotatable bonds is 7. The lowest BCUT2D eigenvalue weighted by molar-refractivity contribution is -0.132. The van der Waals surface area contributed by atoms with Crippen molar-refractivity contribution in [2.45, 2.75) is 6.54 Å². The van der Waals surface area contributed by atoms with Crippen LogP contribution in [-0.4, -0.2) is 59.6 Å². The third kappa shape index (κ3) is 4.21. The zero-order valence-electron chi connectivity index (χ0n) is 14.6. The van der Waals surface area contributed by atoms with E-state index in [1.165, 1.54) is 0 Å². The van der Waals surface area contributed by atoms with E-state index in [0.29, 0.717) is 19.6 Å². The molecular weight excluding hydrogens is 330 g/mol. The van der Waals surface area contributed by atoms with Gasteiger partial charge >= 0.3 is 6.03 Å². The molecule has 0 aliphatic carbocycles. The molecule has 0 saturated carbocycles. The van der Waals surface area contributed by atoms with Crippen LogP contribution < -0.4 is 4.90 Å². The molecule has 6 nitrogen and oxygen atoms in total. The van der Waals surface area contributed by atoms with Crippen molar-refractivity contribution in [2.24, 2.45) is 0 Å². The van der Waals surface area contributed by atoms with E-state index in [2.05, 4.69) is 0 Å². The van der Waals surface area contributed by atoms with Gasteiger partial charge in [-0.25, -0.2) is 4.79 Å². The van der Waals surface area contributed by atoms with Gasteiger partial charge in [-0.15, -0.1) is 0 Å². The first kappa shape index (κ1) is 17.9. The Morgan fingerprint density at radius 1 is 1.00 bits per heavy atom. The minimum atomic E-state index is -0.161. The monoisotopic (exact) mass is 353 g/mol. The van der Waals surface area contributed by atoms with Crippen LogP contribution in [-0.2, 0) is 11.3 Å². The molecule has 3 amide bonds. The molecule has 26 heavy (non-hydrogen) atoms. The number of benzene rings is 2. The highest BCUT2D eigenvalue weighted by atomic mass is 16.3. The van der Waals surface area contributed by atoms with Gasteiger partial charge in [0.05, 0.1) is 6.61 Å². The van der Waals surface area contributed by atoms with E-state index in [9.17, 15) is 14.7 Å². The van der Waals surface area contributed by atoms with Crippen LogP contribution in [0.5, 0.6) is 0 Å². The van der Waals surface area contributed by atoms with Crippen LogP contribution in [0.25, 0.3) is 0 Å². The predicted octanol–water partition coefficient (Wildman–Crippen LogP) is 1.95. The van der Waals surface area contributed by atoms with Crippen molar-refractivity contribution in [3.63, 3.8) is 0 Å². The van der Waals surface area contributed by atoms with Crippen LogP contribution in [0.4, 0.5) is 10.5 Å². The van der Waals surface area contributed by atoms with E-state index in [1.807, 2.05) is 60.7 Å². The number of aliphatic hydroxyl groups excluding tert-OH is 1. The molecule has 1 aliphatic heterocycles. The highest BCUT2D eigenvalue weighted by molar-refractivity contribution is 5.96. The number of nitrogens with zero attached hydrogens (tertiary/aromatic N) is 3. The van der Waals surface area contributed by atoms with Crippen molar-refractivity contribution >= 4 is 17.6 Å². The molecule has 2 aromatic carbocycles. The summed E-state index contributed by atoms with van der Waals surface area (Å²) in [4.78, 5) is 30.1. The van der Waals surface area contributed by atoms with E-state index >= 15 is 0 Å². The minimum Gasteiger partial charge on any atom is -0.395 e. The normalized spacial score (nSPS) is 14.0. The number of carbonyl (C=O) groups excluding carboxylic acids is 2. The quantitative estimate of drug-likeness (QED) is 0.827. The zero-order chi connectivity index (χ0) is 18.4. The van der Waals surface area contributed by atoms with E-state index in [0.717, 1.165) is 11.3 Å².